The lowest BCUT2D eigenvalue weighted by Crippen LogP contribution is -2.48. The predicted molar refractivity (Wildman–Crippen MR) is 96.4 cm³/mol. The van der Waals surface area contributed by atoms with Crippen LogP contribution in [0.5, 0.6) is 0 Å². The second-order valence-electron chi connectivity index (χ2n) is 7.28. The van der Waals surface area contributed by atoms with Gasteiger partial charge < -0.3 is 10.2 Å². The lowest BCUT2D eigenvalue weighted by atomic mass is 9.98. The molecule has 0 spiro atoms. The van der Waals surface area contributed by atoms with E-state index in [1.807, 2.05) is 30.1 Å². The summed E-state index contributed by atoms with van der Waals surface area (Å²) in [5.74, 6) is 0.103. The van der Waals surface area contributed by atoms with Gasteiger partial charge in [-0.3, -0.25) is 14.2 Å². The number of nitrogens with zero attached hydrogens (tertiary/aromatic N) is 3. The summed E-state index contributed by atoms with van der Waals surface area (Å²) in [5.41, 5.74) is 0.610. The van der Waals surface area contributed by atoms with Crippen molar-refractivity contribution in [2.75, 3.05) is 7.05 Å². The minimum Gasteiger partial charge on any atom is -0.343 e. The Kier molecular flexibility index (Phi) is 4.29. The summed E-state index contributed by atoms with van der Waals surface area (Å²) in [6.45, 7) is 0.373. The van der Waals surface area contributed by atoms with Crippen molar-refractivity contribution >= 4 is 16.8 Å². The molecule has 0 aliphatic carbocycles. The number of aromatic nitrogens is 2. The Balaban J connectivity index is 1.42. The number of aryl methyl sites for hydroxylation is 1. The van der Waals surface area contributed by atoms with E-state index in [2.05, 4.69) is 10.3 Å². The Bertz CT molecular complexity index is 835. The van der Waals surface area contributed by atoms with E-state index in [0.29, 0.717) is 42.0 Å². The van der Waals surface area contributed by atoms with Crippen LogP contribution in [0.2, 0.25) is 0 Å². The minimum absolute atomic E-state index is 0.0824. The summed E-state index contributed by atoms with van der Waals surface area (Å²) in [7, 11) is 1.90. The molecule has 2 atom stereocenters. The topological polar surface area (TPSA) is 67.2 Å². The number of hydrogen-bond donors (Lipinski definition) is 1. The molecule has 2 aliphatic heterocycles. The van der Waals surface area contributed by atoms with Crippen molar-refractivity contribution < 1.29 is 4.79 Å². The third kappa shape index (κ3) is 3.18. The van der Waals surface area contributed by atoms with Crippen molar-refractivity contribution in [2.24, 2.45) is 0 Å². The Morgan fingerprint density at radius 1 is 1.28 bits per heavy atom. The van der Waals surface area contributed by atoms with Crippen LogP contribution in [0.25, 0.3) is 10.9 Å². The molecule has 6 heteroatoms. The summed E-state index contributed by atoms with van der Waals surface area (Å²) in [6, 6.07) is 8.74. The van der Waals surface area contributed by atoms with Crippen molar-refractivity contribution in [3.8, 4) is 0 Å². The largest absolute Gasteiger partial charge is 0.343 e. The quantitative estimate of drug-likeness (QED) is 0.916. The average Bonchev–Trinajstić information content (AvgIpc) is 2.98. The molecule has 2 saturated heterocycles. The lowest BCUT2D eigenvalue weighted by molar-refractivity contribution is -0.132. The van der Waals surface area contributed by atoms with Gasteiger partial charge in [0, 0.05) is 38.1 Å². The van der Waals surface area contributed by atoms with Crippen LogP contribution >= 0.6 is 0 Å². The van der Waals surface area contributed by atoms with Crippen LogP contribution in [0.1, 0.15) is 32.1 Å². The van der Waals surface area contributed by atoms with E-state index in [4.69, 9.17) is 0 Å². The van der Waals surface area contributed by atoms with Crippen molar-refractivity contribution in [1.82, 2.24) is 19.8 Å². The number of piperidine rings is 1. The molecule has 2 bridgehead atoms. The van der Waals surface area contributed by atoms with E-state index < -0.39 is 0 Å². The van der Waals surface area contributed by atoms with Gasteiger partial charge in [-0.15, -0.1) is 0 Å². The molecule has 1 N–H and O–H groups in total. The van der Waals surface area contributed by atoms with E-state index in [1.165, 1.54) is 12.8 Å². The average molecular weight is 340 g/mol. The number of hydrogen-bond acceptors (Lipinski definition) is 4. The molecule has 3 heterocycles. The summed E-state index contributed by atoms with van der Waals surface area (Å²) >= 11 is 0. The minimum atomic E-state index is -0.0824. The third-order valence-electron chi connectivity index (χ3n) is 5.69. The first-order valence-electron chi connectivity index (χ1n) is 9.07. The Morgan fingerprint density at radius 2 is 2.00 bits per heavy atom. The fourth-order valence-electron chi connectivity index (χ4n) is 4.20. The number of nitrogens with one attached hydrogen (secondary N) is 1. The zero-order valence-corrected chi connectivity index (χ0v) is 14.5. The van der Waals surface area contributed by atoms with Crippen LogP contribution in [0.3, 0.4) is 0 Å². The Labute approximate surface area is 146 Å². The van der Waals surface area contributed by atoms with Gasteiger partial charge >= 0.3 is 0 Å². The molecule has 6 nitrogen and oxygen atoms in total. The maximum atomic E-state index is 12.6. The van der Waals surface area contributed by atoms with Crippen LogP contribution in [-0.4, -0.2) is 45.5 Å². The summed E-state index contributed by atoms with van der Waals surface area (Å²) < 4.78 is 1.54. The SMILES string of the molecule is CN(C(=O)CCn1cnc2ccccc2c1=O)C1CC2CCC(C1)N2. The zero-order valence-electron chi connectivity index (χ0n) is 14.5. The van der Waals surface area contributed by atoms with Crippen molar-refractivity contribution in [3.63, 3.8) is 0 Å². The number of para-hydroxylation sites is 1. The van der Waals surface area contributed by atoms with E-state index in [0.717, 1.165) is 12.8 Å². The van der Waals surface area contributed by atoms with Gasteiger partial charge in [-0.1, -0.05) is 12.1 Å². The fourth-order valence-corrected chi connectivity index (χ4v) is 4.20. The second-order valence-corrected chi connectivity index (χ2v) is 7.28. The molecule has 25 heavy (non-hydrogen) atoms. The van der Waals surface area contributed by atoms with Crippen molar-refractivity contribution in [1.29, 1.82) is 0 Å². The van der Waals surface area contributed by atoms with Crippen LogP contribution in [0, 0.1) is 0 Å². The number of carbonyl (C=O) groups is 1. The van der Waals surface area contributed by atoms with Gasteiger partial charge in [0.2, 0.25) is 5.91 Å². The Hall–Kier alpha value is -2.21. The molecule has 1 amide bonds. The molecular formula is C19H24N4O2. The van der Waals surface area contributed by atoms with Crippen LogP contribution in [0.15, 0.2) is 35.4 Å². The molecule has 2 aliphatic rings. The van der Waals surface area contributed by atoms with Crippen LogP contribution in [0.4, 0.5) is 0 Å². The van der Waals surface area contributed by atoms with Gasteiger partial charge in [-0.25, -0.2) is 4.98 Å². The molecule has 132 valence electrons. The summed E-state index contributed by atoms with van der Waals surface area (Å²) in [6.07, 6.45) is 6.40. The summed E-state index contributed by atoms with van der Waals surface area (Å²) in [4.78, 5) is 31.3. The lowest BCUT2D eigenvalue weighted by Gasteiger charge is -2.35. The van der Waals surface area contributed by atoms with Crippen LogP contribution < -0.4 is 10.9 Å². The van der Waals surface area contributed by atoms with Gasteiger partial charge in [-0.05, 0) is 37.8 Å². The standard InChI is InChI=1S/C19H24N4O2/c1-22(15-10-13-6-7-14(11-15)21-13)18(24)8-9-23-12-20-17-5-3-2-4-16(17)19(23)25/h2-5,12-15,21H,6-11H2,1H3. The van der Waals surface area contributed by atoms with Gasteiger partial charge in [0.25, 0.3) is 5.56 Å². The highest BCUT2D eigenvalue weighted by Crippen LogP contribution is 2.29. The first-order chi connectivity index (χ1) is 12.1. The molecule has 0 radical (unpaired) electrons. The first-order valence-corrected chi connectivity index (χ1v) is 9.07. The monoisotopic (exact) mass is 340 g/mol. The highest BCUT2D eigenvalue weighted by molar-refractivity contribution is 5.77. The molecule has 1 aromatic carbocycles. The highest BCUT2D eigenvalue weighted by Gasteiger charge is 2.36. The Morgan fingerprint density at radius 3 is 2.76 bits per heavy atom. The molecule has 0 saturated carbocycles. The van der Waals surface area contributed by atoms with E-state index >= 15 is 0 Å². The van der Waals surface area contributed by atoms with E-state index in [9.17, 15) is 9.59 Å². The summed E-state index contributed by atoms with van der Waals surface area (Å²) in [5, 5.41) is 4.20. The van der Waals surface area contributed by atoms with E-state index in [-0.39, 0.29) is 11.5 Å². The molecular weight excluding hydrogens is 316 g/mol. The molecule has 2 unspecified atom stereocenters. The van der Waals surface area contributed by atoms with Gasteiger partial charge in [-0.2, -0.15) is 0 Å². The smallest absolute Gasteiger partial charge is 0.261 e. The van der Waals surface area contributed by atoms with E-state index in [1.54, 1.807) is 17.0 Å². The molecule has 4 rings (SSSR count). The third-order valence-corrected chi connectivity index (χ3v) is 5.69. The van der Waals surface area contributed by atoms with Gasteiger partial charge in [0.05, 0.1) is 17.2 Å². The molecule has 1 aromatic heterocycles. The predicted octanol–water partition coefficient (Wildman–Crippen LogP) is 1.53. The number of carbonyl (C=O) groups excluding carboxylic acids is 1. The van der Waals surface area contributed by atoms with Gasteiger partial charge in [0.1, 0.15) is 0 Å². The molecule has 2 aromatic rings. The van der Waals surface area contributed by atoms with Crippen LogP contribution in [-0.2, 0) is 11.3 Å². The normalized spacial score (nSPS) is 25.2. The van der Waals surface area contributed by atoms with Gasteiger partial charge in [0.15, 0.2) is 0 Å². The highest BCUT2D eigenvalue weighted by atomic mass is 16.2. The number of amides is 1. The van der Waals surface area contributed by atoms with Crippen molar-refractivity contribution in [2.45, 2.75) is 56.8 Å². The number of benzene rings is 1. The first kappa shape index (κ1) is 16.3. The maximum Gasteiger partial charge on any atom is 0.261 e. The number of rotatable bonds is 4. The molecule has 2 fully saturated rings. The van der Waals surface area contributed by atoms with Crippen molar-refractivity contribution in [3.05, 3.63) is 40.9 Å². The zero-order chi connectivity index (χ0) is 17.4. The number of fused-ring (bicyclic) bond motifs is 3. The fraction of sp³-hybridized carbons (Fsp3) is 0.526. The second kappa shape index (κ2) is 6.59. The maximum absolute atomic E-state index is 12.6.